The molecule has 1 atom stereocenters. The van der Waals surface area contributed by atoms with Crippen molar-refractivity contribution < 1.29 is 23.2 Å². The summed E-state index contributed by atoms with van der Waals surface area (Å²) < 4.78 is 31.3. The second-order valence-corrected chi connectivity index (χ2v) is 5.04. The highest BCUT2D eigenvalue weighted by Gasteiger charge is 2.47. The van der Waals surface area contributed by atoms with Crippen LogP contribution in [-0.2, 0) is 15.1 Å². The van der Waals surface area contributed by atoms with Crippen LogP contribution >= 0.6 is 0 Å². The second-order valence-electron chi connectivity index (χ2n) is 3.47. The fourth-order valence-corrected chi connectivity index (χ4v) is 2.38. The molecule has 1 aromatic carbocycles. The van der Waals surface area contributed by atoms with Gasteiger partial charge in [-0.3, -0.25) is 4.55 Å². The third kappa shape index (κ3) is 1.51. The molecule has 0 saturated carbocycles. The van der Waals surface area contributed by atoms with E-state index in [9.17, 15) is 18.6 Å². The Kier molecular flexibility index (Phi) is 2.30. The Labute approximate surface area is 92.4 Å². The van der Waals surface area contributed by atoms with Gasteiger partial charge in [0.05, 0.1) is 6.42 Å². The van der Waals surface area contributed by atoms with Gasteiger partial charge >= 0.3 is 0 Å². The van der Waals surface area contributed by atoms with Gasteiger partial charge in [-0.05, 0) is 11.6 Å². The van der Waals surface area contributed by atoms with Crippen LogP contribution in [0.1, 0.15) is 11.1 Å². The zero-order valence-electron chi connectivity index (χ0n) is 8.03. The molecule has 16 heavy (non-hydrogen) atoms. The van der Waals surface area contributed by atoms with Gasteiger partial charge < -0.3 is 10.2 Å². The number of hydrogen-bond acceptors (Lipinski definition) is 4. The zero-order chi connectivity index (χ0) is 12.0. The lowest BCUT2D eigenvalue weighted by Gasteiger charge is -2.29. The Balaban J connectivity index is 2.74. The molecule has 1 unspecified atom stereocenters. The van der Waals surface area contributed by atoms with Gasteiger partial charge in [0.25, 0.3) is 10.1 Å². The highest BCUT2D eigenvalue weighted by Crippen LogP contribution is 2.38. The van der Waals surface area contributed by atoms with Crippen molar-refractivity contribution in [3.63, 3.8) is 0 Å². The largest absolute Gasteiger partial charge is 0.512 e. The minimum Gasteiger partial charge on any atom is -0.512 e. The van der Waals surface area contributed by atoms with Gasteiger partial charge in [0.15, 0.2) is 0 Å². The molecular weight excluding hydrogens is 232 g/mol. The summed E-state index contributed by atoms with van der Waals surface area (Å²) in [6.45, 7) is 0. The third-order valence-corrected chi connectivity index (χ3v) is 3.51. The van der Waals surface area contributed by atoms with Crippen LogP contribution in [0.4, 0.5) is 0 Å². The van der Waals surface area contributed by atoms with Crippen molar-refractivity contribution >= 4 is 16.2 Å². The molecule has 1 aliphatic carbocycles. The molecular formula is C10H9O5S. The molecule has 6 heteroatoms. The molecule has 0 spiro atoms. The van der Waals surface area contributed by atoms with Crippen molar-refractivity contribution in [2.24, 2.45) is 0 Å². The Morgan fingerprint density at radius 1 is 1.19 bits per heavy atom. The van der Waals surface area contributed by atoms with Gasteiger partial charge in [0, 0.05) is 5.56 Å². The summed E-state index contributed by atoms with van der Waals surface area (Å²) in [6, 6.07) is 6.04. The number of benzene rings is 1. The Hall–Kier alpha value is -1.37. The molecule has 0 amide bonds. The summed E-state index contributed by atoms with van der Waals surface area (Å²) in [5, 5.41) is 19.3. The van der Waals surface area contributed by atoms with E-state index < -0.39 is 20.8 Å². The Bertz CT molecular complexity index is 560. The first-order valence-electron chi connectivity index (χ1n) is 4.40. The number of aliphatic hydroxyl groups is 2. The van der Waals surface area contributed by atoms with Crippen molar-refractivity contribution in [3.8, 4) is 0 Å². The standard InChI is InChI=1S/C10H9O5S/c11-8-5-7-3-1-2-4-9(7)10(12,6-8)16(13,14)15/h1-6,11-12H,(H,13,14,15). The monoisotopic (exact) mass is 241 g/mol. The number of aliphatic hydroxyl groups excluding tert-OH is 1. The summed E-state index contributed by atoms with van der Waals surface area (Å²) in [5.41, 5.74) is 0.345. The number of rotatable bonds is 1. The summed E-state index contributed by atoms with van der Waals surface area (Å²) in [4.78, 5) is -2.59. The highest BCUT2D eigenvalue weighted by atomic mass is 32.2. The lowest BCUT2D eigenvalue weighted by atomic mass is 9.93. The fraction of sp³-hybridized carbons (Fsp3) is 0.100. The molecule has 0 bridgehead atoms. The van der Waals surface area contributed by atoms with Crippen LogP contribution in [-0.4, -0.2) is 23.2 Å². The molecule has 1 radical (unpaired) electrons. The van der Waals surface area contributed by atoms with Gasteiger partial charge in [-0.2, -0.15) is 8.42 Å². The van der Waals surface area contributed by atoms with Gasteiger partial charge in [0.1, 0.15) is 5.76 Å². The van der Waals surface area contributed by atoms with Crippen molar-refractivity contribution in [3.05, 3.63) is 47.6 Å². The van der Waals surface area contributed by atoms with E-state index in [2.05, 4.69) is 0 Å². The minimum absolute atomic E-state index is 0.00954. The van der Waals surface area contributed by atoms with Crippen molar-refractivity contribution in [1.29, 1.82) is 0 Å². The minimum atomic E-state index is -4.77. The molecule has 85 valence electrons. The molecule has 0 aromatic heterocycles. The van der Waals surface area contributed by atoms with Crippen LogP contribution in [0.25, 0.3) is 6.08 Å². The van der Waals surface area contributed by atoms with Crippen LogP contribution in [0.3, 0.4) is 0 Å². The van der Waals surface area contributed by atoms with Gasteiger partial charge in [-0.25, -0.2) is 0 Å². The first kappa shape index (κ1) is 11.1. The molecule has 0 heterocycles. The van der Waals surface area contributed by atoms with Crippen LogP contribution in [0, 0.1) is 6.42 Å². The third-order valence-electron chi connectivity index (χ3n) is 2.39. The summed E-state index contributed by atoms with van der Waals surface area (Å²) >= 11 is 0. The number of hydrogen-bond donors (Lipinski definition) is 3. The van der Waals surface area contributed by atoms with E-state index in [0.717, 1.165) is 0 Å². The van der Waals surface area contributed by atoms with Crippen LogP contribution in [0.2, 0.25) is 0 Å². The van der Waals surface area contributed by atoms with E-state index in [-0.39, 0.29) is 5.56 Å². The van der Waals surface area contributed by atoms with Crippen LogP contribution in [0.15, 0.2) is 30.0 Å². The highest BCUT2D eigenvalue weighted by molar-refractivity contribution is 7.86. The SMILES string of the molecule is O=S(=O)(O)C1(O)[CH]C(O)=Cc2ccccc21. The maximum absolute atomic E-state index is 11.2. The lowest BCUT2D eigenvalue weighted by molar-refractivity contribution is 0.138. The molecule has 0 fully saturated rings. The van der Waals surface area contributed by atoms with Crippen LogP contribution in [0.5, 0.6) is 0 Å². The summed E-state index contributed by atoms with van der Waals surface area (Å²) in [5.74, 6) is -0.418. The van der Waals surface area contributed by atoms with Gasteiger partial charge in [-0.15, -0.1) is 0 Å². The maximum atomic E-state index is 11.2. The quantitative estimate of drug-likeness (QED) is 0.633. The van der Waals surface area contributed by atoms with E-state index >= 15 is 0 Å². The van der Waals surface area contributed by atoms with E-state index in [4.69, 9.17) is 4.55 Å². The van der Waals surface area contributed by atoms with E-state index in [1.54, 1.807) is 6.07 Å². The van der Waals surface area contributed by atoms with E-state index in [1.165, 1.54) is 24.3 Å². The lowest BCUT2D eigenvalue weighted by Crippen LogP contribution is -2.38. The molecule has 3 N–H and O–H groups in total. The molecule has 0 saturated heterocycles. The topological polar surface area (TPSA) is 94.8 Å². The molecule has 0 aliphatic heterocycles. The summed E-state index contributed by atoms with van der Waals surface area (Å²) in [6.07, 6.45) is 1.99. The van der Waals surface area contributed by atoms with Crippen molar-refractivity contribution in [2.75, 3.05) is 0 Å². The molecule has 1 aromatic rings. The average molecular weight is 241 g/mol. The molecule has 1 aliphatic rings. The molecule has 2 rings (SSSR count). The first-order valence-corrected chi connectivity index (χ1v) is 5.84. The van der Waals surface area contributed by atoms with Crippen LogP contribution < -0.4 is 0 Å². The number of fused-ring (bicyclic) bond motifs is 1. The van der Waals surface area contributed by atoms with Crippen molar-refractivity contribution in [2.45, 2.75) is 4.93 Å². The summed E-state index contributed by atoms with van der Waals surface area (Å²) in [7, 11) is -4.77. The van der Waals surface area contributed by atoms with Gasteiger partial charge in [0.2, 0.25) is 4.93 Å². The normalized spacial score (nSPS) is 24.8. The van der Waals surface area contributed by atoms with Gasteiger partial charge in [-0.1, -0.05) is 24.3 Å². The molecule has 5 nitrogen and oxygen atoms in total. The Morgan fingerprint density at radius 3 is 2.44 bits per heavy atom. The maximum Gasteiger partial charge on any atom is 0.300 e. The van der Waals surface area contributed by atoms with E-state index in [1.807, 2.05) is 0 Å². The average Bonchev–Trinajstić information content (AvgIpc) is 2.15. The Morgan fingerprint density at radius 2 is 1.81 bits per heavy atom. The smallest absolute Gasteiger partial charge is 0.300 e. The first-order chi connectivity index (χ1) is 7.34. The van der Waals surface area contributed by atoms with E-state index in [0.29, 0.717) is 12.0 Å². The zero-order valence-corrected chi connectivity index (χ0v) is 8.85. The predicted molar refractivity (Wildman–Crippen MR) is 56.8 cm³/mol. The predicted octanol–water partition coefficient (Wildman–Crippen LogP) is 0.836. The van der Waals surface area contributed by atoms with Crippen molar-refractivity contribution in [1.82, 2.24) is 0 Å². The fourth-order valence-electron chi connectivity index (χ4n) is 1.64. The second kappa shape index (κ2) is 3.31.